The number of hydrogen-bond acceptors (Lipinski definition) is 5. The fourth-order valence-electron chi connectivity index (χ4n) is 4.08. The highest BCUT2D eigenvalue weighted by molar-refractivity contribution is 6.11. The lowest BCUT2D eigenvalue weighted by molar-refractivity contribution is -0.274. The zero-order valence-corrected chi connectivity index (χ0v) is 15.5. The van der Waals surface area contributed by atoms with E-state index >= 15 is 0 Å². The zero-order chi connectivity index (χ0) is 19.7. The summed E-state index contributed by atoms with van der Waals surface area (Å²) < 4.78 is 42.2. The largest absolute Gasteiger partial charge is 0.573 e. The number of benzene rings is 1. The van der Waals surface area contributed by atoms with Gasteiger partial charge in [0.15, 0.2) is 11.5 Å². The second-order valence-electron chi connectivity index (χ2n) is 7.25. The first-order valence-corrected chi connectivity index (χ1v) is 9.58. The van der Waals surface area contributed by atoms with Crippen LogP contribution < -0.4 is 9.64 Å². The standard InChI is InChI=1S/C20H22F3N3O2/c21-20(22,23)28-18-8-4-3-7-16(18)25-9-11-26(12-10-25)19-13-17(27)14-5-1-2-6-15(14)24-19/h3-4,7-8H,1-2,5-6,9-13H2. The fraction of sp³-hybridized carbons (Fsp3) is 0.500. The second kappa shape index (κ2) is 7.48. The van der Waals surface area contributed by atoms with E-state index in [1.165, 1.54) is 12.1 Å². The van der Waals surface area contributed by atoms with E-state index in [4.69, 9.17) is 4.99 Å². The van der Waals surface area contributed by atoms with Gasteiger partial charge in [-0.1, -0.05) is 12.1 Å². The van der Waals surface area contributed by atoms with Crippen LogP contribution in [-0.2, 0) is 4.79 Å². The van der Waals surface area contributed by atoms with Crippen LogP contribution in [0.15, 0.2) is 40.5 Å². The van der Waals surface area contributed by atoms with Gasteiger partial charge in [0.1, 0.15) is 5.84 Å². The van der Waals surface area contributed by atoms with Crippen molar-refractivity contribution in [3.8, 4) is 5.75 Å². The van der Waals surface area contributed by atoms with Crippen molar-refractivity contribution in [2.75, 3.05) is 31.1 Å². The molecule has 0 aromatic heterocycles. The van der Waals surface area contributed by atoms with E-state index in [1.807, 2.05) is 4.90 Å². The molecule has 1 saturated heterocycles. The summed E-state index contributed by atoms with van der Waals surface area (Å²) in [6.07, 6.45) is -0.602. The normalized spacial score (nSPS) is 20.8. The molecular formula is C20H22F3N3O2. The maximum atomic E-state index is 12.7. The SMILES string of the molecule is O=C1CC(N2CCN(c3ccccc3OC(F)(F)F)CC2)=NC2=C1CCCC2. The molecule has 1 aliphatic carbocycles. The van der Waals surface area contributed by atoms with Gasteiger partial charge in [0.25, 0.3) is 0 Å². The predicted molar refractivity (Wildman–Crippen MR) is 99.5 cm³/mol. The Hall–Kier alpha value is -2.51. The molecule has 0 radical (unpaired) electrons. The molecule has 0 atom stereocenters. The minimum atomic E-state index is -4.72. The summed E-state index contributed by atoms with van der Waals surface area (Å²) in [6, 6.07) is 6.19. The number of para-hydroxylation sites is 2. The Morgan fingerprint density at radius 1 is 0.964 bits per heavy atom. The number of anilines is 1. The van der Waals surface area contributed by atoms with E-state index in [9.17, 15) is 18.0 Å². The van der Waals surface area contributed by atoms with Crippen LogP contribution in [0.25, 0.3) is 0 Å². The van der Waals surface area contributed by atoms with Gasteiger partial charge in [-0.3, -0.25) is 4.79 Å². The van der Waals surface area contributed by atoms with Gasteiger partial charge in [0, 0.05) is 37.4 Å². The lowest BCUT2D eigenvalue weighted by Gasteiger charge is -2.39. The van der Waals surface area contributed by atoms with Crippen molar-refractivity contribution in [3.05, 3.63) is 35.5 Å². The number of piperazine rings is 1. The number of amidine groups is 1. The molecule has 2 heterocycles. The molecule has 0 spiro atoms. The van der Waals surface area contributed by atoms with Crippen molar-refractivity contribution >= 4 is 17.3 Å². The third-order valence-electron chi connectivity index (χ3n) is 5.43. The van der Waals surface area contributed by atoms with Crippen molar-refractivity contribution in [2.45, 2.75) is 38.5 Å². The molecule has 3 aliphatic rings. The summed E-state index contributed by atoms with van der Waals surface area (Å²) in [7, 11) is 0. The number of rotatable bonds is 2. The molecule has 0 saturated carbocycles. The highest BCUT2D eigenvalue weighted by atomic mass is 19.4. The van der Waals surface area contributed by atoms with Crippen molar-refractivity contribution in [2.24, 2.45) is 4.99 Å². The van der Waals surface area contributed by atoms with Crippen LogP contribution in [-0.4, -0.2) is 49.1 Å². The Bertz CT molecular complexity index is 824. The number of halogens is 3. The summed E-state index contributed by atoms with van der Waals surface area (Å²) in [5.74, 6) is 0.779. The lowest BCUT2D eigenvalue weighted by atomic mass is 9.90. The van der Waals surface area contributed by atoms with E-state index in [1.54, 1.807) is 12.1 Å². The number of ketones is 1. The average Bonchev–Trinajstić information content (AvgIpc) is 2.67. The number of carbonyl (C=O) groups excluding carboxylic acids is 1. The number of hydrogen-bond donors (Lipinski definition) is 0. The van der Waals surface area contributed by atoms with Crippen molar-refractivity contribution in [1.29, 1.82) is 0 Å². The molecule has 5 nitrogen and oxygen atoms in total. The number of alkyl halides is 3. The highest BCUT2D eigenvalue weighted by Crippen LogP contribution is 2.34. The van der Waals surface area contributed by atoms with Crippen LogP contribution in [0, 0.1) is 0 Å². The Kier molecular flexibility index (Phi) is 5.03. The molecule has 1 fully saturated rings. The van der Waals surface area contributed by atoms with Crippen LogP contribution in [0.2, 0.25) is 0 Å². The van der Waals surface area contributed by atoms with Crippen LogP contribution in [0.1, 0.15) is 32.1 Å². The van der Waals surface area contributed by atoms with Crippen LogP contribution in [0.3, 0.4) is 0 Å². The molecule has 28 heavy (non-hydrogen) atoms. The van der Waals surface area contributed by atoms with E-state index in [0.29, 0.717) is 38.3 Å². The number of ether oxygens (including phenoxy) is 1. The van der Waals surface area contributed by atoms with Gasteiger partial charge in [-0.25, -0.2) is 4.99 Å². The number of nitrogens with zero attached hydrogens (tertiary/aromatic N) is 3. The molecule has 2 aliphatic heterocycles. The average molecular weight is 393 g/mol. The Morgan fingerprint density at radius 3 is 2.39 bits per heavy atom. The monoisotopic (exact) mass is 393 g/mol. The predicted octanol–water partition coefficient (Wildman–Crippen LogP) is 3.91. The second-order valence-corrected chi connectivity index (χ2v) is 7.25. The summed E-state index contributed by atoms with van der Waals surface area (Å²) in [5, 5.41) is 0. The van der Waals surface area contributed by atoms with E-state index < -0.39 is 6.36 Å². The highest BCUT2D eigenvalue weighted by Gasteiger charge is 2.34. The third kappa shape index (κ3) is 4.00. The zero-order valence-electron chi connectivity index (χ0n) is 15.5. The minimum absolute atomic E-state index is 0.172. The van der Waals surface area contributed by atoms with Crippen LogP contribution in [0.4, 0.5) is 18.9 Å². The Morgan fingerprint density at radius 2 is 1.64 bits per heavy atom. The Balaban J connectivity index is 1.45. The fourth-order valence-corrected chi connectivity index (χ4v) is 4.08. The first kappa shape index (κ1) is 18.8. The van der Waals surface area contributed by atoms with Gasteiger partial charge < -0.3 is 14.5 Å². The van der Waals surface area contributed by atoms with E-state index in [2.05, 4.69) is 9.64 Å². The smallest absolute Gasteiger partial charge is 0.404 e. The molecule has 4 rings (SSSR count). The third-order valence-corrected chi connectivity index (χ3v) is 5.43. The lowest BCUT2D eigenvalue weighted by Crippen LogP contribution is -2.50. The molecule has 0 unspecified atom stereocenters. The number of carbonyl (C=O) groups is 1. The first-order chi connectivity index (χ1) is 13.4. The summed E-state index contributed by atoms with van der Waals surface area (Å²) in [6.45, 7) is 2.29. The summed E-state index contributed by atoms with van der Waals surface area (Å²) in [4.78, 5) is 21.2. The maximum Gasteiger partial charge on any atom is 0.573 e. The first-order valence-electron chi connectivity index (χ1n) is 9.58. The Labute approximate surface area is 161 Å². The van der Waals surface area contributed by atoms with Gasteiger partial charge >= 0.3 is 6.36 Å². The molecule has 1 aromatic carbocycles. The summed E-state index contributed by atoms with van der Waals surface area (Å²) >= 11 is 0. The molecular weight excluding hydrogens is 371 g/mol. The molecule has 1 aromatic rings. The quantitative estimate of drug-likeness (QED) is 0.764. The molecule has 0 N–H and O–H groups in total. The van der Waals surface area contributed by atoms with Crippen molar-refractivity contribution in [3.63, 3.8) is 0 Å². The van der Waals surface area contributed by atoms with Gasteiger partial charge in [0.05, 0.1) is 12.1 Å². The van der Waals surface area contributed by atoms with E-state index in [-0.39, 0.29) is 11.5 Å². The van der Waals surface area contributed by atoms with Crippen molar-refractivity contribution in [1.82, 2.24) is 4.90 Å². The number of allylic oxidation sites excluding steroid dienone is 2. The number of aliphatic imine (C=N–C) groups is 1. The van der Waals surface area contributed by atoms with Gasteiger partial charge in [-0.2, -0.15) is 0 Å². The molecule has 150 valence electrons. The topological polar surface area (TPSA) is 45.1 Å². The van der Waals surface area contributed by atoms with Crippen molar-refractivity contribution < 1.29 is 22.7 Å². The van der Waals surface area contributed by atoms with Crippen LogP contribution in [0.5, 0.6) is 5.75 Å². The van der Waals surface area contributed by atoms with Gasteiger partial charge in [0.2, 0.25) is 0 Å². The molecule has 0 amide bonds. The molecule has 0 bridgehead atoms. The summed E-state index contributed by atoms with van der Waals surface area (Å²) in [5.41, 5.74) is 2.26. The van der Waals surface area contributed by atoms with E-state index in [0.717, 1.165) is 42.8 Å². The maximum absolute atomic E-state index is 12.7. The minimum Gasteiger partial charge on any atom is -0.404 e. The van der Waals surface area contributed by atoms with Gasteiger partial charge in [-0.15, -0.1) is 13.2 Å². The van der Waals surface area contributed by atoms with Crippen LogP contribution >= 0.6 is 0 Å². The molecule has 8 heteroatoms. The number of Topliss-reactive ketones (excluding diaryl/α,β-unsaturated/α-hetero) is 1. The van der Waals surface area contributed by atoms with Gasteiger partial charge in [-0.05, 0) is 37.8 Å².